The third-order valence-corrected chi connectivity index (χ3v) is 8.38. The molecule has 0 aromatic heterocycles. The minimum absolute atomic E-state index is 0.0799. The van der Waals surface area contributed by atoms with Crippen LogP contribution in [0.1, 0.15) is 63.4 Å². The standard InChI is InChI=1S/C23H32N2O/c24-14-16-6-8-20(9-7-16)25-21(26)23-12-17-10-19(23)13-22(11-17,15-23)18-4-2-1-3-5-18/h1-5,16-17,19-20H,6-15,24H2,(H,25,26). The second-order valence-electron chi connectivity index (χ2n) is 9.82. The maximum Gasteiger partial charge on any atom is 0.226 e. The summed E-state index contributed by atoms with van der Waals surface area (Å²) in [6, 6.07) is 11.4. The zero-order valence-corrected chi connectivity index (χ0v) is 15.8. The Morgan fingerprint density at radius 1 is 1.08 bits per heavy atom. The Hall–Kier alpha value is -1.35. The zero-order chi connectivity index (χ0) is 17.8. The van der Waals surface area contributed by atoms with Crippen molar-refractivity contribution in [2.24, 2.45) is 28.9 Å². The summed E-state index contributed by atoms with van der Waals surface area (Å²) in [5, 5.41) is 3.50. The van der Waals surface area contributed by atoms with Gasteiger partial charge in [0, 0.05) is 6.04 Å². The number of nitrogens with one attached hydrogen (secondary N) is 1. The van der Waals surface area contributed by atoms with E-state index in [2.05, 4.69) is 35.6 Å². The van der Waals surface area contributed by atoms with E-state index in [0.717, 1.165) is 38.1 Å². The maximum atomic E-state index is 13.5. The minimum Gasteiger partial charge on any atom is -0.353 e. The van der Waals surface area contributed by atoms with E-state index < -0.39 is 0 Å². The molecule has 4 bridgehead atoms. The highest BCUT2D eigenvalue weighted by Crippen LogP contribution is 2.70. The molecule has 3 nitrogen and oxygen atoms in total. The van der Waals surface area contributed by atoms with Gasteiger partial charge in [-0.3, -0.25) is 4.79 Å². The van der Waals surface area contributed by atoms with E-state index in [1.807, 2.05) is 0 Å². The molecule has 1 amide bonds. The first kappa shape index (κ1) is 16.8. The lowest BCUT2D eigenvalue weighted by Crippen LogP contribution is -2.48. The zero-order valence-electron chi connectivity index (χ0n) is 15.8. The lowest BCUT2D eigenvalue weighted by molar-refractivity contribution is -0.134. The van der Waals surface area contributed by atoms with Gasteiger partial charge in [0.2, 0.25) is 5.91 Å². The van der Waals surface area contributed by atoms with Gasteiger partial charge in [0.1, 0.15) is 0 Å². The monoisotopic (exact) mass is 352 g/mol. The van der Waals surface area contributed by atoms with Crippen LogP contribution in [0.3, 0.4) is 0 Å². The van der Waals surface area contributed by atoms with Crippen LogP contribution in [0.4, 0.5) is 0 Å². The van der Waals surface area contributed by atoms with Gasteiger partial charge in [-0.15, -0.1) is 0 Å². The van der Waals surface area contributed by atoms with E-state index in [4.69, 9.17) is 5.73 Å². The number of hydrogen-bond acceptors (Lipinski definition) is 2. The average molecular weight is 353 g/mol. The van der Waals surface area contributed by atoms with Gasteiger partial charge in [0.15, 0.2) is 0 Å². The van der Waals surface area contributed by atoms with Crippen LogP contribution in [0.5, 0.6) is 0 Å². The summed E-state index contributed by atoms with van der Waals surface area (Å²) in [7, 11) is 0. The third-order valence-electron chi connectivity index (χ3n) is 8.38. The first-order valence-electron chi connectivity index (χ1n) is 10.7. The molecule has 5 aliphatic rings. The third kappa shape index (κ3) is 2.46. The smallest absolute Gasteiger partial charge is 0.226 e. The van der Waals surface area contributed by atoms with Crippen LogP contribution in [0.15, 0.2) is 30.3 Å². The molecule has 26 heavy (non-hydrogen) atoms. The SMILES string of the molecule is NCC1CCC(NC(=O)C23CC4CC2CC(c2ccccc2)(C4)C3)CC1. The van der Waals surface area contributed by atoms with Crippen LogP contribution in [0.2, 0.25) is 0 Å². The van der Waals surface area contributed by atoms with Gasteiger partial charge in [0.25, 0.3) is 0 Å². The molecule has 4 unspecified atom stereocenters. The summed E-state index contributed by atoms with van der Waals surface area (Å²) in [4.78, 5) is 13.5. The van der Waals surface area contributed by atoms with Crippen LogP contribution in [0, 0.1) is 23.2 Å². The molecule has 1 aromatic rings. The number of amides is 1. The molecule has 4 atom stereocenters. The highest BCUT2D eigenvalue weighted by Gasteiger charge is 2.67. The van der Waals surface area contributed by atoms with E-state index in [0.29, 0.717) is 23.8 Å². The summed E-state index contributed by atoms with van der Waals surface area (Å²) < 4.78 is 0. The topological polar surface area (TPSA) is 55.1 Å². The summed E-state index contributed by atoms with van der Waals surface area (Å²) in [6.45, 7) is 0.800. The molecule has 0 radical (unpaired) electrons. The number of carbonyl (C=O) groups excluding carboxylic acids is 1. The van der Waals surface area contributed by atoms with Crippen molar-refractivity contribution in [1.29, 1.82) is 0 Å². The van der Waals surface area contributed by atoms with E-state index in [1.165, 1.54) is 37.7 Å². The Bertz CT molecular complexity index is 681. The number of nitrogens with two attached hydrogens (primary N) is 1. The maximum absolute atomic E-state index is 13.5. The second kappa shape index (κ2) is 6.09. The molecule has 0 spiro atoms. The van der Waals surface area contributed by atoms with Crippen LogP contribution >= 0.6 is 0 Å². The van der Waals surface area contributed by atoms with Crippen molar-refractivity contribution in [2.45, 2.75) is 69.2 Å². The van der Waals surface area contributed by atoms with Crippen molar-refractivity contribution >= 4 is 5.91 Å². The molecule has 3 N–H and O–H groups in total. The summed E-state index contributed by atoms with van der Waals surface area (Å²) in [5.41, 5.74) is 7.49. The van der Waals surface area contributed by atoms with Crippen LogP contribution in [0.25, 0.3) is 0 Å². The average Bonchev–Trinajstić information content (AvgIpc) is 3.07. The van der Waals surface area contributed by atoms with Crippen molar-refractivity contribution in [2.75, 3.05) is 6.54 Å². The fourth-order valence-corrected chi connectivity index (χ4v) is 7.26. The van der Waals surface area contributed by atoms with E-state index in [1.54, 1.807) is 0 Å². The Kier molecular flexibility index (Phi) is 3.93. The minimum atomic E-state index is -0.0799. The summed E-state index contributed by atoms with van der Waals surface area (Å²) in [5.74, 6) is 2.41. The number of carbonyl (C=O) groups is 1. The van der Waals surface area contributed by atoms with Crippen molar-refractivity contribution in [3.05, 3.63) is 35.9 Å². The summed E-state index contributed by atoms with van der Waals surface area (Å²) >= 11 is 0. The first-order chi connectivity index (χ1) is 12.6. The molecule has 0 saturated heterocycles. The number of benzene rings is 1. The Labute approximate surface area is 157 Å². The van der Waals surface area contributed by atoms with Crippen LogP contribution < -0.4 is 11.1 Å². The van der Waals surface area contributed by atoms with Gasteiger partial charge in [-0.05, 0) is 93.1 Å². The second-order valence-corrected chi connectivity index (χ2v) is 9.82. The molecule has 5 aliphatic carbocycles. The molecule has 140 valence electrons. The molecule has 5 fully saturated rings. The first-order valence-corrected chi connectivity index (χ1v) is 10.7. The van der Waals surface area contributed by atoms with Gasteiger partial charge < -0.3 is 11.1 Å². The van der Waals surface area contributed by atoms with Gasteiger partial charge in [-0.1, -0.05) is 30.3 Å². The highest BCUT2D eigenvalue weighted by molar-refractivity contribution is 5.85. The largest absolute Gasteiger partial charge is 0.353 e. The Balaban J connectivity index is 1.34. The quantitative estimate of drug-likeness (QED) is 0.867. The molecular formula is C23H32N2O. The van der Waals surface area contributed by atoms with Gasteiger partial charge >= 0.3 is 0 Å². The lowest BCUT2D eigenvalue weighted by Gasteiger charge is -2.41. The number of rotatable bonds is 4. The van der Waals surface area contributed by atoms with E-state index >= 15 is 0 Å². The summed E-state index contributed by atoms with van der Waals surface area (Å²) in [6.07, 6.45) is 10.6. The van der Waals surface area contributed by atoms with Crippen molar-refractivity contribution in [3.63, 3.8) is 0 Å². The Morgan fingerprint density at radius 3 is 2.58 bits per heavy atom. The fourth-order valence-electron chi connectivity index (χ4n) is 7.26. The van der Waals surface area contributed by atoms with Crippen molar-refractivity contribution in [1.82, 2.24) is 5.32 Å². The van der Waals surface area contributed by atoms with Crippen LogP contribution in [-0.4, -0.2) is 18.5 Å². The van der Waals surface area contributed by atoms with E-state index in [9.17, 15) is 4.79 Å². The lowest BCUT2D eigenvalue weighted by atomic mass is 9.63. The van der Waals surface area contributed by atoms with Gasteiger partial charge in [-0.2, -0.15) is 0 Å². The predicted molar refractivity (Wildman–Crippen MR) is 104 cm³/mol. The van der Waals surface area contributed by atoms with Crippen molar-refractivity contribution < 1.29 is 4.79 Å². The molecule has 3 heteroatoms. The van der Waals surface area contributed by atoms with E-state index in [-0.39, 0.29) is 10.8 Å². The van der Waals surface area contributed by atoms with Gasteiger partial charge in [0.05, 0.1) is 5.41 Å². The Morgan fingerprint density at radius 2 is 1.85 bits per heavy atom. The van der Waals surface area contributed by atoms with Gasteiger partial charge in [-0.25, -0.2) is 0 Å². The highest BCUT2D eigenvalue weighted by atomic mass is 16.2. The molecular weight excluding hydrogens is 320 g/mol. The fraction of sp³-hybridized carbons (Fsp3) is 0.696. The molecule has 0 aliphatic heterocycles. The van der Waals surface area contributed by atoms with Crippen molar-refractivity contribution in [3.8, 4) is 0 Å². The number of hydrogen-bond donors (Lipinski definition) is 2. The van der Waals surface area contributed by atoms with Crippen LogP contribution in [-0.2, 0) is 10.2 Å². The molecule has 0 heterocycles. The predicted octanol–water partition coefficient (Wildman–Crippen LogP) is 3.77. The molecule has 5 saturated carbocycles. The molecule has 6 rings (SSSR count). The normalized spacial score (nSPS) is 43.6. The molecule has 1 aromatic carbocycles.